The second-order valence-corrected chi connectivity index (χ2v) is 7.58. The van der Waals surface area contributed by atoms with Crippen LogP contribution in [0, 0.1) is 5.92 Å². The Balaban J connectivity index is 1.35. The number of nitrogens with one attached hydrogen (secondary N) is 1. The van der Waals surface area contributed by atoms with E-state index in [-0.39, 0.29) is 5.91 Å². The number of fused-ring (bicyclic) bond motifs is 1. The minimum Gasteiger partial charge on any atom is -0.356 e. The smallest absolute Gasteiger partial charge is 0.220 e. The summed E-state index contributed by atoms with van der Waals surface area (Å²) in [5.74, 6) is 1.93. The molecule has 1 amide bonds. The van der Waals surface area contributed by atoms with E-state index in [1.54, 1.807) is 17.7 Å². The summed E-state index contributed by atoms with van der Waals surface area (Å²) in [5, 5.41) is 5.06. The molecule has 7 heteroatoms. The third kappa shape index (κ3) is 3.37. The number of amides is 1. The zero-order chi connectivity index (χ0) is 16.4. The Morgan fingerprint density at radius 3 is 2.96 bits per heavy atom. The molecule has 4 heterocycles. The molecule has 1 atom stereocenters. The number of anilines is 1. The molecule has 6 nitrogen and oxygen atoms in total. The number of hydrogen-bond acceptors (Lipinski definition) is 6. The molecule has 1 unspecified atom stereocenters. The Morgan fingerprint density at radius 2 is 2.08 bits per heavy atom. The standard InChI is InChI=1S/C17H23N5OS/c23-15-2-1-13(3-5-18-15)11-21-6-8-22(9-7-21)17-16-14(4-10-24-16)19-12-20-17/h4,10,12-13H,1-3,5-9,11H2,(H,18,23). The van der Waals surface area contributed by atoms with E-state index < -0.39 is 0 Å². The van der Waals surface area contributed by atoms with Gasteiger partial charge < -0.3 is 10.2 Å². The molecule has 0 saturated carbocycles. The second-order valence-electron chi connectivity index (χ2n) is 6.66. The van der Waals surface area contributed by atoms with Gasteiger partial charge in [0.05, 0.1) is 10.2 Å². The van der Waals surface area contributed by atoms with Gasteiger partial charge in [0.15, 0.2) is 0 Å². The van der Waals surface area contributed by atoms with Crippen molar-refractivity contribution in [2.75, 3.05) is 44.2 Å². The van der Waals surface area contributed by atoms with Crippen LogP contribution in [0.3, 0.4) is 0 Å². The summed E-state index contributed by atoms with van der Waals surface area (Å²) in [7, 11) is 0. The number of carbonyl (C=O) groups excluding carboxylic acids is 1. The number of aromatic nitrogens is 2. The van der Waals surface area contributed by atoms with Crippen molar-refractivity contribution in [1.82, 2.24) is 20.2 Å². The number of hydrogen-bond donors (Lipinski definition) is 1. The van der Waals surface area contributed by atoms with Crippen LogP contribution in [-0.2, 0) is 4.79 Å². The Morgan fingerprint density at radius 1 is 1.21 bits per heavy atom. The van der Waals surface area contributed by atoms with Gasteiger partial charge in [0.25, 0.3) is 0 Å². The molecule has 2 aromatic rings. The van der Waals surface area contributed by atoms with Crippen LogP contribution < -0.4 is 10.2 Å². The largest absolute Gasteiger partial charge is 0.356 e. The Hall–Kier alpha value is -1.73. The van der Waals surface area contributed by atoms with Gasteiger partial charge in [0, 0.05) is 45.7 Å². The van der Waals surface area contributed by atoms with E-state index in [4.69, 9.17) is 0 Å². The fourth-order valence-corrected chi connectivity index (χ4v) is 4.54. The van der Waals surface area contributed by atoms with Crippen molar-refractivity contribution in [2.45, 2.75) is 19.3 Å². The van der Waals surface area contributed by atoms with Gasteiger partial charge in [-0.3, -0.25) is 9.69 Å². The topological polar surface area (TPSA) is 61.4 Å². The van der Waals surface area contributed by atoms with E-state index in [9.17, 15) is 4.79 Å². The summed E-state index contributed by atoms with van der Waals surface area (Å²) in [6, 6.07) is 2.06. The highest BCUT2D eigenvalue weighted by molar-refractivity contribution is 7.17. The Labute approximate surface area is 145 Å². The van der Waals surface area contributed by atoms with E-state index in [0.29, 0.717) is 12.3 Å². The highest BCUT2D eigenvalue weighted by atomic mass is 32.1. The molecule has 0 radical (unpaired) electrons. The molecule has 1 N–H and O–H groups in total. The number of thiophene rings is 1. The molecule has 0 aliphatic carbocycles. The maximum Gasteiger partial charge on any atom is 0.220 e. The van der Waals surface area contributed by atoms with Crippen molar-refractivity contribution < 1.29 is 4.79 Å². The maximum atomic E-state index is 11.5. The van der Waals surface area contributed by atoms with Crippen molar-refractivity contribution in [2.24, 2.45) is 5.92 Å². The summed E-state index contributed by atoms with van der Waals surface area (Å²) >= 11 is 1.72. The average molecular weight is 345 g/mol. The SMILES string of the molecule is O=C1CCC(CN2CCN(c3ncnc4ccsc34)CC2)CCN1. The molecule has 0 spiro atoms. The number of rotatable bonds is 3. The first kappa shape index (κ1) is 15.8. The monoisotopic (exact) mass is 345 g/mol. The highest BCUT2D eigenvalue weighted by Gasteiger charge is 2.24. The maximum absolute atomic E-state index is 11.5. The van der Waals surface area contributed by atoms with Crippen LogP contribution >= 0.6 is 11.3 Å². The fourth-order valence-electron chi connectivity index (χ4n) is 3.67. The van der Waals surface area contributed by atoms with Crippen LogP contribution in [0.15, 0.2) is 17.8 Å². The predicted octanol–water partition coefficient (Wildman–Crippen LogP) is 1.73. The number of carbonyl (C=O) groups is 1. The molecule has 24 heavy (non-hydrogen) atoms. The molecular formula is C17H23N5OS. The van der Waals surface area contributed by atoms with Gasteiger partial charge in [-0.15, -0.1) is 11.3 Å². The third-order valence-electron chi connectivity index (χ3n) is 5.07. The minimum absolute atomic E-state index is 0.214. The van der Waals surface area contributed by atoms with Gasteiger partial charge in [-0.25, -0.2) is 9.97 Å². The van der Waals surface area contributed by atoms with Crippen molar-refractivity contribution >= 4 is 33.3 Å². The zero-order valence-corrected chi connectivity index (χ0v) is 14.6. The quantitative estimate of drug-likeness (QED) is 0.918. The first-order chi connectivity index (χ1) is 11.8. The van der Waals surface area contributed by atoms with E-state index in [0.717, 1.165) is 63.4 Å². The van der Waals surface area contributed by atoms with Crippen molar-refractivity contribution in [3.63, 3.8) is 0 Å². The lowest BCUT2D eigenvalue weighted by atomic mass is 9.99. The molecule has 4 rings (SSSR count). The first-order valence-electron chi connectivity index (χ1n) is 8.72. The first-order valence-corrected chi connectivity index (χ1v) is 9.60. The minimum atomic E-state index is 0.214. The van der Waals surface area contributed by atoms with Gasteiger partial charge in [0.1, 0.15) is 12.1 Å². The van der Waals surface area contributed by atoms with Crippen molar-refractivity contribution in [3.05, 3.63) is 17.8 Å². The Bertz CT molecular complexity index is 710. The molecule has 2 fully saturated rings. The molecule has 2 saturated heterocycles. The molecule has 0 bridgehead atoms. The third-order valence-corrected chi connectivity index (χ3v) is 5.97. The van der Waals surface area contributed by atoms with Crippen LogP contribution in [0.2, 0.25) is 0 Å². The van der Waals surface area contributed by atoms with E-state index in [2.05, 4.69) is 36.5 Å². The van der Waals surface area contributed by atoms with Gasteiger partial charge >= 0.3 is 0 Å². The van der Waals surface area contributed by atoms with Gasteiger partial charge in [-0.1, -0.05) is 0 Å². The lowest BCUT2D eigenvalue weighted by molar-refractivity contribution is -0.120. The lowest BCUT2D eigenvalue weighted by Crippen LogP contribution is -2.48. The Kier molecular flexibility index (Phi) is 4.62. The van der Waals surface area contributed by atoms with E-state index in [1.165, 1.54) is 4.70 Å². The van der Waals surface area contributed by atoms with Gasteiger partial charge in [-0.2, -0.15) is 0 Å². The summed E-state index contributed by atoms with van der Waals surface area (Å²) in [5.41, 5.74) is 1.04. The molecule has 2 aliphatic rings. The summed E-state index contributed by atoms with van der Waals surface area (Å²) < 4.78 is 1.19. The van der Waals surface area contributed by atoms with Crippen LogP contribution in [0.5, 0.6) is 0 Å². The van der Waals surface area contributed by atoms with E-state index >= 15 is 0 Å². The summed E-state index contributed by atoms with van der Waals surface area (Å²) in [4.78, 5) is 25.3. The van der Waals surface area contributed by atoms with Crippen LogP contribution in [0.25, 0.3) is 10.2 Å². The van der Waals surface area contributed by atoms with E-state index in [1.807, 2.05) is 0 Å². The van der Waals surface area contributed by atoms with Crippen molar-refractivity contribution in [1.29, 1.82) is 0 Å². The van der Waals surface area contributed by atoms with Crippen LogP contribution in [0.4, 0.5) is 5.82 Å². The molecule has 0 aromatic carbocycles. The highest BCUT2D eigenvalue weighted by Crippen LogP contribution is 2.28. The fraction of sp³-hybridized carbons (Fsp3) is 0.588. The second kappa shape index (κ2) is 7.03. The average Bonchev–Trinajstić information content (AvgIpc) is 3.00. The number of nitrogens with zero attached hydrogens (tertiary/aromatic N) is 4. The summed E-state index contributed by atoms with van der Waals surface area (Å²) in [6.07, 6.45) is 4.48. The van der Waals surface area contributed by atoms with Crippen LogP contribution in [0.1, 0.15) is 19.3 Å². The molecule has 2 aromatic heterocycles. The zero-order valence-electron chi connectivity index (χ0n) is 13.8. The lowest BCUT2D eigenvalue weighted by Gasteiger charge is -2.37. The van der Waals surface area contributed by atoms with Gasteiger partial charge in [0.2, 0.25) is 5.91 Å². The van der Waals surface area contributed by atoms with Crippen molar-refractivity contribution in [3.8, 4) is 0 Å². The molecule has 128 valence electrons. The predicted molar refractivity (Wildman–Crippen MR) is 96.4 cm³/mol. The normalized spacial score (nSPS) is 23.2. The summed E-state index contributed by atoms with van der Waals surface area (Å²) in [6.45, 7) is 6.09. The molecular weight excluding hydrogens is 322 g/mol. The molecule has 2 aliphatic heterocycles. The number of piperazine rings is 1. The van der Waals surface area contributed by atoms with Crippen LogP contribution in [-0.4, -0.2) is 60.0 Å². The van der Waals surface area contributed by atoms with Gasteiger partial charge in [-0.05, 0) is 30.2 Å².